The van der Waals surface area contributed by atoms with Gasteiger partial charge in [0.1, 0.15) is 12.2 Å². The molecule has 2 fully saturated rings. The molecule has 188 valence electrons. The molecule has 0 spiro atoms. The lowest BCUT2D eigenvalue weighted by molar-refractivity contribution is -0.163. The third-order valence-electron chi connectivity index (χ3n) is 7.02. The van der Waals surface area contributed by atoms with Crippen molar-refractivity contribution in [2.45, 2.75) is 105 Å². The van der Waals surface area contributed by atoms with Crippen LogP contribution < -0.4 is 0 Å². The molecule has 0 aromatic carbocycles. The summed E-state index contributed by atoms with van der Waals surface area (Å²) in [5.74, 6) is 2.58. The number of hydrogen-bond acceptors (Lipinski definition) is 5. The van der Waals surface area contributed by atoms with E-state index in [1.54, 1.807) is 12.5 Å². The molecule has 0 amide bonds. The van der Waals surface area contributed by atoms with Crippen LogP contribution in [0.15, 0.2) is 0 Å². The predicted octanol–water partition coefficient (Wildman–Crippen LogP) is 5.77. The van der Waals surface area contributed by atoms with Gasteiger partial charge in [0.15, 0.2) is 0 Å². The number of hydrogen-bond donors (Lipinski definition) is 0. The number of carbonyl (C=O) groups is 2. The van der Waals surface area contributed by atoms with Crippen LogP contribution in [-0.2, 0) is 30.2 Å². The van der Waals surface area contributed by atoms with Gasteiger partial charge in [0.05, 0.1) is 25.4 Å². The van der Waals surface area contributed by atoms with Gasteiger partial charge in [-0.3, -0.25) is 9.59 Å². The van der Waals surface area contributed by atoms with Crippen LogP contribution in [0.4, 0.5) is 0 Å². The zero-order valence-electron chi connectivity index (χ0n) is 21.7. The van der Waals surface area contributed by atoms with Crippen molar-refractivity contribution < 1.29 is 23.6 Å². The Morgan fingerprint density at radius 3 is 1.38 bits per heavy atom. The smallest absolute Gasteiger partial charge is 0.306 e. The molecule has 32 heavy (non-hydrogen) atoms. The standard InChI is InChI=1S/C24H42O4.C2H6OS/c1-15(2)19-9-7-17(5)13-21(19)27-23(25)11-12-24(26)28-22-14-18(6)8-10-20(22)16(3)4;1-4(2)3/h15-22H,7-14H2,1-6H3;1-2H3. The van der Waals surface area contributed by atoms with Crippen LogP contribution in [0.1, 0.15) is 92.9 Å². The van der Waals surface area contributed by atoms with Crippen LogP contribution in [0.2, 0.25) is 0 Å². The molecule has 2 aliphatic rings. The molecule has 0 saturated heterocycles. The quantitative estimate of drug-likeness (QED) is 0.347. The summed E-state index contributed by atoms with van der Waals surface area (Å²) in [6.45, 7) is 13.3. The highest BCUT2D eigenvalue weighted by Gasteiger charge is 2.35. The van der Waals surface area contributed by atoms with E-state index in [4.69, 9.17) is 9.47 Å². The van der Waals surface area contributed by atoms with Crippen molar-refractivity contribution in [1.82, 2.24) is 0 Å². The van der Waals surface area contributed by atoms with E-state index in [9.17, 15) is 14.1 Å². The minimum Gasteiger partial charge on any atom is -0.617 e. The van der Waals surface area contributed by atoms with Gasteiger partial charge in [0.25, 0.3) is 0 Å². The first-order chi connectivity index (χ1) is 14.9. The lowest BCUT2D eigenvalue weighted by Crippen LogP contribution is -2.36. The average Bonchev–Trinajstić information content (AvgIpc) is 2.65. The summed E-state index contributed by atoms with van der Waals surface area (Å²) in [6, 6.07) is 0. The van der Waals surface area contributed by atoms with E-state index >= 15 is 0 Å². The Bertz CT molecular complexity index is 514. The molecule has 6 atom stereocenters. The molecule has 0 N–H and O–H groups in total. The fourth-order valence-corrected chi connectivity index (χ4v) is 5.16. The monoisotopic (exact) mass is 472 g/mol. The molecule has 0 aromatic rings. The Morgan fingerprint density at radius 2 is 1.09 bits per heavy atom. The second-order valence-corrected chi connectivity index (χ2v) is 12.4. The molecule has 6 unspecified atom stereocenters. The van der Waals surface area contributed by atoms with E-state index in [0.29, 0.717) is 35.5 Å². The summed E-state index contributed by atoms with van der Waals surface area (Å²) < 4.78 is 21.2. The molecule has 0 radical (unpaired) electrons. The third kappa shape index (κ3) is 10.9. The Labute approximate surface area is 200 Å². The van der Waals surface area contributed by atoms with Gasteiger partial charge in [0.2, 0.25) is 0 Å². The minimum absolute atomic E-state index is 0.00298. The van der Waals surface area contributed by atoms with Gasteiger partial charge in [-0.15, -0.1) is 0 Å². The number of carbonyl (C=O) groups excluding carboxylic acids is 2. The van der Waals surface area contributed by atoms with Crippen LogP contribution in [0.5, 0.6) is 0 Å². The van der Waals surface area contributed by atoms with Crippen molar-refractivity contribution in [2.24, 2.45) is 35.5 Å². The summed E-state index contributed by atoms with van der Waals surface area (Å²) >= 11 is -0.611. The first-order valence-electron chi connectivity index (χ1n) is 12.5. The van der Waals surface area contributed by atoms with Gasteiger partial charge < -0.3 is 14.0 Å². The Hall–Kier alpha value is -0.750. The van der Waals surface area contributed by atoms with Gasteiger partial charge in [-0.1, -0.05) is 65.6 Å². The molecule has 0 bridgehead atoms. The van der Waals surface area contributed by atoms with Crippen LogP contribution in [0.3, 0.4) is 0 Å². The largest absolute Gasteiger partial charge is 0.617 e. The van der Waals surface area contributed by atoms with Crippen LogP contribution >= 0.6 is 0 Å². The molecular weight excluding hydrogens is 424 g/mol. The van der Waals surface area contributed by atoms with Gasteiger partial charge in [0, 0.05) is 0 Å². The molecule has 2 saturated carbocycles. The van der Waals surface area contributed by atoms with Crippen molar-refractivity contribution in [2.75, 3.05) is 12.5 Å². The molecule has 5 nitrogen and oxygen atoms in total. The topological polar surface area (TPSA) is 75.7 Å². The lowest BCUT2D eigenvalue weighted by atomic mass is 9.75. The van der Waals surface area contributed by atoms with Crippen molar-refractivity contribution in [3.8, 4) is 0 Å². The molecule has 2 aliphatic carbocycles. The average molecular weight is 473 g/mol. The van der Waals surface area contributed by atoms with Gasteiger partial charge in [-0.25, -0.2) is 0 Å². The Balaban J connectivity index is 0.00000118. The fraction of sp³-hybridized carbons (Fsp3) is 0.923. The summed E-state index contributed by atoms with van der Waals surface area (Å²) in [4.78, 5) is 24.8. The highest BCUT2D eigenvalue weighted by Crippen LogP contribution is 2.36. The maximum absolute atomic E-state index is 12.4. The molecule has 0 aliphatic heterocycles. The number of ether oxygens (including phenoxy) is 2. The fourth-order valence-electron chi connectivity index (χ4n) is 5.16. The van der Waals surface area contributed by atoms with E-state index in [0.717, 1.165) is 25.7 Å². The van der Waals surface area contributed by atoms with Crippen LogP contribution in [0, 0.1) is 35.5 Å². The van der Waals surface area contributed by atoms with Gasteiger partial charge in [-0.2, -0.15) is 0 Å². The normalized spacial score (nSPS) is 30.6. The van der Waals surface area contributed by atoms with Crippen molar-refractivity contribution in [1.29, 1.82) is 0 Å². The zero-order valence-corrected chi connectivity index (χ0v) is 22.5. The highest BCUT2D eigenvalue weighted by atomic mass is 32.2. The van der Waals surface area contributed by atoms with E-state index in [2.05, 4.69) is 41.5 Å². The van der Waals surface area contributed by atoms with Crippen molar-refractivity contribution >= 4 is 23.1 Å². The maximum Gasteiger partial charge on any atom is 0.306 e. The van der Waals surface area contributed by atoms with Gasteiger partial charge >= 0.3 is 11.9 Å². The summed E-state index contributed by atoms with van der Waals surface area (Å²) in [5, 5.41) is 0. The first-order valence-corrected chi connectivity index (χ1v) is 14.5. The van der Waals surface area contributed by atoms with Crippen molar-refractivity contribution in [3.05, 3.63) is 0 Å². The minimum atomic E-state index is -0.611. The first kappa shape index (κ1) is 29.3. The maximum atomic E-state index is 12.4. The second-order valence-electron chi connectivity index (χ2n) is 11.0. The highest BCUT2D eigenvalue weighted by molar-refractivity contribution is 7.89. The molecule has 0 aromatic heterocycles. The molecule has 2 rings (SSSR count). The van der Waals surface area contributed by atoms with Crippen LogP contribution in [0.25, 0.3) is 0 Å². The Kier molecular flexibility index (Phi) is 13.3. The van der Waals surface area contributed by atoms with E-state index in [-0.39, 0.29) is 37.0 Å². The van der Waals surface area contributed by atoms with Crippen LogP contribution in [-0.4, -0.2) is 41.2 Å². The third-order valence-corrected chi connectivity index (χ3v) is 7.02. The lowest BCUT2D eigenvalue weighted by Gasteiger charge is -2.37. The summed E-state index contributed by atoms with van der Waals surface area (Å²) in [6.07, 6.45) is 10.1. The van der Waals surface area contributed by atoms with E-state index in [1.165, 1.54) is 12.8 Å². The second kappa shape index (κ2) is 14.5. The van der Waals surface area contributed by atoms with Crippen molar-refractivity contribution in [3.63, 3.8) is 0 Å². The Morgan fingerprint density at radius 1 is 0.781 bits per heavy atom. The molecule has 6 heteroatoms. The summed E-state index contributed by atoms with van der Waals surface area (Å²) in [5.41, 5.74) is 0. The van der Waals surface area contributed by atoms with E-state index in [1.807, 2.05) is 0 Å². The van der Waals surface area contributed by atoms with E-state index < -0.39 is 11.2 Å². The van der Waals surface area contributed by atoms with Gasteiger partial charge in [-0.05, 0) is 61.2 Å². The zero-order chi connectivity index (χ0) is 24.4. The molecule has 0 heterocycles. The number of esters is 2. The molecular formula is C26H48O5S. The number of rotatable bonds is 7. The predicted molar refractivity (Wildman–Crippen MR) is 132 cm³/mol. The summed E-state index contributed by atoms with van der Waals surface area (Å²) in [7, 11) is 0. The SMILES string of the molecule is CC1CCC(C(C)C)C(OC(=O)CCC(=O)OC2CC(C)CCC2C(C)C)C1.C[S+](C)[O-].